The van der Waals surface area contributed by atoms with Gasteiger partial charge in [0.1, 0.15) is 11.9 Å². The zero-order valence-electron chi connectivity index (χ0n) is 18.5. The van der Waals surface area contributed by atoms with Gasteiger partial charge in [-0.2, -0.15) is 0 Å². The molecule has 2 heterocycles. The minimum absolute atomic E-state index is 0.0604. The van der Waals surface area contributed by atoms with Gasteiger partial charge in [-0.15, -0.1) is 0 Å². The van der Waals surface area contributed by atoms with Crippen LogP contribution in [0.4, 0.5) is 13.2 Å². The average Bonchev–Trinajstić information content (AvgIpc) is 3.09. The summed E-state index contributed by atoms with van der Waals surface area (Å²) in [4.78, 5) is 17.5. The third kappa shape index (κ3) is 4.86. The van der Waals surface area contributed by atoms with E-state index in [9.17, 15) is 18.0 Å². The lowest BCUT2D eigenvalue weighted by atomic mass is 9.84. The van der Waals surface area contributed by atoms with Gasteiger partial charge in [0.15, 0.2) is 17.4 Å². The molecule has 0 N–H and O–H groups in total. The summed E-state index contributed by atoms with van der Waals surface area (Å²) in [7, 11) is 0. The number of ether oxygens (including phenoxy) is 1. The van der Waals surface area contributed by atoms with E-state index < -0.39 is 23.2 Å². The van der Waals surface area contributed by atoms with Crippen LogP contribution in [0.3, 0.4) is 0 Å². The number of halogens is 3. The van der Waals surface area contributed by atoms with E-state index in [-0.39, 0.29) is 17.9 Å². The summed E-state index contributed by atoms with van der Waals surface area (Å²) in [5, 5.41) is 0. The Labute approximate surface area is 182 Å². The topological polar surface area (TPSA) is 32.8 Å². The van der Waals surface area contributed by atoms with Gasteiger partial charge in [0, 0.05) is 50.0 Å². The van der Waals surface area contributed by atoms with Crippen LogP contribution >= 0.6 is 0 Å². The van der Waals surface area contributed by atoms with Crippen LogP contribution in [0.1, 0.15) is 58.8 Å². The Morgan fingerprint density at radius 1 is 0.968 bits per heavy atom. The number of likely N-dealkylation sites (tertiary alicyclic amines) is 2. The number of benzene rings is 1. The molecular weight excluding hydrogens is 405 g/mol. The van der Waals surface area contributed by atoms with Crippen LogP contribution in [-0.2, 0) is 4.79 Å². The van der Waals surface area contributed by atoms with Crippen molar-refractivity contribution in [1.29, 1.82) is 0 Å². The van der Waals surface area contributed by atoms with E-state index in [1.807, 2.05) is 4.90 Å². The standard InChI is InChI=1S/C24H33F3N2O2/c1-24(2)9-3-4-21(24)28-10-5-16(6-11-28)23(30)29-12-7-18(8-13-29)31-22-19(26)14-17(25)15-20(22)27/h14-16,18,21H,3-13H2,1-2H3. The van der Waals surface area contributed by atoms with E-state index >= 15 is 0 Å². The van der Waals surface area contributed by atoms with Gasteiger partial charge >= 0.3 is 0 Å². The van der Waals surface area contributed by atoms with Crippen LogP contribution in [-0.4, -0.2) is 54.0 Å². The van der Waals surface area contributed by atoms with Crippen molar-refractivity contribution in [3.8, 4) is 5.75 Å². The Kier molecular flexibility index (Phi) is 6.52. The largest absolute Gasteiger partial charge is 0.484 e. The van der Waals surface area contributed by atoms with Gasteiger partial charge in [0.2, 0.25) is 5.91 Å². The van der Waals surface area contributed by atoms with Gasteiger partial charge in [0.25, 0.3) is 0 Å². The second kappa shape index (κ2) is 9.00. The van der Waals surface area contributed by atoms with Gasteiger partial charge < -0.3 is 9.64 Å². The Balaban J connectivity index is 1.26. The van der Waals surface area contributed by atoms with Gasteiger partial charge in [-0.1, -0.05) is 20.3 Å². The molecule has 1 aromatic rings. The zero-order valence-corrected chi connectivity index (χ0v) is 18.5. The predicted molar refractivity (Wildman–Crippen MR) is 112 cm³/mol. The number of hydrogen-bond donors (Lipinski definition) is 0. The Morgan fingerprint density at radius 2 is 1.58 bits per heavy atom. The molecule has 1 aliphatic carbocycles. The monoisotopic (exact) mass is 438 g/mol. The molecule has 0 aromatic heterocycles. The van der Waals surface area contributed by atoms with Crippen molar-refractivity contribution in [2.75, 3.05) is 26.2 Å². The highest BCUT2D eigenvalue weighted by Gasteiger charge is 2.40. The van der Waals surface area contributed by atoms with Gasteiger partial charge in [-0.25, -0.2) is 13.2 Å². The quantitative estimate of drug-likeness (QED) is 0.679. The predicted octanol–water partition coefficient (Wildman–Crippen LogP) is 4.76. The lowest BCUT2D eigenvalue weighted by Crippen LogP contribution is -2.50. The number of carbonyl (C=O) groups is 1. The summed E-state index contributed by atoms with van der Waals surface area (Å²) in [5.74, 6) is -3.31. The van der Waals surface area contributed by atoms with E-state index in [2.05, 4.69) is 18.7 Å². The molecule has 0 radical (unpaired) electrons. The first kappa shape index (κ1) is 22.4. The third-order valence-electron chi connectivity index (χ3n) is 7.52. The molecular formula is C24H33F3N2O2. The lowest BCUT2D eigenvalue weighted by molar-refractivity contribution is -0.139. The first-order valence-electron chi connectivity index (χ1n) is 11.6. The van der Waals surface area contributed by atoms with E-state index in [1.165, 1.54) is 19.3 Å². The maximum absolute atomic E-state index is 13.8. The lowest BCUT2D eigenvalue weighted by Gasteiger charge is -2.42. The van der Waals surface area contributed by atoms with Gasteiger partial charge in [0.05, 0.1) is 0 Å². The van der Waals surface area contributed by atoms with Crippen LogP contribution < -0.4 is 4.74 Å². The minimum Gasteiger partial charge on any atom is -0.484 e. The van der Waals surface area contributed by atoms with E-state index in [1.54, 1.807) is 0 Å². The highest BCUT2D eigenvalue weighted by atomic mass is 19.1. The molecule has 0 bridgehead atoms. The molecule has 3 aliphatic rings. The van der Waals surface area contributed by atoms with Gasteiger partial charge in [-0.3, -0.25) is 9.69 Å². The molecule has 4 rings (SSSR count). The van der Waals surface area contributed by atoms with Crippen LogP contribution in [0.2, 0.25) is 0 Å². The summed E-state index contributed by atoms with van der Waals surface area (Å²) in [5.41, 5.74) is 0.363. The Bertz CT molecular complexity index is 777. The number of nitrogens with zero attached hydrogens (tertiary/aromatic N) is 2. The van der Waals surface area contributed by atoms with Crippen molar-refractivity contribution < 1.29 is 22.7 Å². The fourth-order valence-electron chi connectivity index (χ4n) is 5.70. The number of piperidine rings is 2. The van der Waals surface area contributed by atoms with Crippen molar-refractivity contribution in [2.45, 2.75) is 70.9 Å². The molecule has 0 spiro atoms. The highest BCUT2D eigenvalue weighted by molar-refractivity contribution is 5.79. The van der Waals surface area contributed by atoms with Crippen LogP contribution in [0, 0.1) is 28.8 Å². The first-order chi connectivity index (χ1) is 14.7. The van der Waals surface area contributed by atoms with E-state index in [4.69, 9.17) is 4.74 Å². The normalized spacial score (nSPS) is 25.7. The molecule has 31 heavy (non-hydrogen) atoms. The minimum atomic E-state index is -1.03. The molecule has 1 atom stereocenters. The molecule has 1 aromatic carbocycles. The summed E-state index contributed by atoms with van der Waals surface area (Å²) in [6.45, 7) is 7.71. The Hall–Kier alpha value is -1.76. The van der Waals surface area contributed by atoms with Crippen molar-refractivity contribution >= 4 is 5.91 Å². The fraction of sp³-hybridized carbons (Fsp3) is 0.708. The fourth-order valence-corrected chi connectivity index (χ4v) is 5.70. The van der Waals surface area contributed by atoms with E-state index in [0.29, 0.717) is 49.5 Å². The number of carbonyl (C=O) groups excluding carboxylic acids is 1. The van der Waals surface area contributed by atoms with E-state index in [0.717, 1.165) is 25.9 Å². The second-order valence-corrected chi connectivity index (χ2v) is 10.0. The summed E-state index contributed by atoms with van der Waals surface area (Å²) in [6.07, 6.45) is 6.26. The highest BCUT2D eigenvalue weighted by Crippen LogP contribution is 2.41. The number of rotatable bonds is 4. The van der Waals surface area contributed by atoms with Crippen molar-refractivity contribution in [3.63, 3.8) is 0 Å². The van der Waals surface area contributed by atoms with Crippen LogP contribution in [0.5, 0.6) is 5.75 Å². The zero-order chi connectivity index (χ0) is 22.2. The number of hydrogen-bond acceptors (Lipinski definition) is 3. The summed E-state index contributed by atoms with van der Waals surface area (Å²) in [6, 6.07) is 1.87. The maximum atomic E-state index is 13.8. The molecule has 1 saturated carbocycles. The second-order valence-electron chi connectivity index (χ2n) is 10.0. The Morgan fingerprint density at radius 3 is 2.13 bits per heavy atom. The molecule has 4 nitrogen and oxygen atoms in total. The molecule has 1 amide bonds. The number of amides is 1. The molecule has 172 valence electrons. The van der Waals surface area contributed by atoms with Crippen molar-refractivity contribution in [1.82, 2.24) is 9.80 Å². The molecule has 7 heteroatoms. The molecule has 2 saturated heterocycles. The van der Waals surface area contributed by atoms with Gasteiger partial charge in [-0.05, 0) is 44.2 Å². The molecule has 3 fully saturated rings. The maximum Gasteiger partial charge on any atom is 0.225 e. The summed E-state index contributed by atoms with van der Waals surface area (Å²) >= 11 is 0. The van der Waals surface area contributed by atoms with Crippen LogP contribution in [0.25, 0.3) is 0 Å². The summed E-state index contributed by atoms with van der Waals surface area (Å²) < 4.78 is 46.2. The molecule has 2 aliphatic heterocycles. The average molecular weight is 439 g/mol. The SMILES string of the molecule is CC1(C)CCCC1N1CCC(C(=O)N2CCC(Oc3c(F)cc(F)cc3F)CC2)CC1. The first-order valence-corrected chi connectivity index (χ1v) is 11.6. The van der Waals surface area contributed by atoms with Crippen LogP contribution in [0.15, 0.2) is 12.1 Å². The molecule has 1 unspecified atom stereocenters. The third-order valence-corrected chi connectivity index (χ3v) is 7.52. The van der Waals surface area contributed by atoms with Crippen molar-refractivity contribution in [2.24, 2.45) is 11.3 Å². The smallest absolute Gasteiger partial charge is 0.225 e. The van der Waals surface area contributed by atoms with Crippen molar-refractivity contribution in [3.05, 3.63) is 29.6 Å².